The number of benzene rings is 1. The summed E-state index contributed by atoms with van der Waals surface area (Å²) in [6.07, 6.45) is 1.78. The number of sulfonamides is 1. The first-order chi connectivity index (χ1) is 14.8. The topological polar surface area (TPSA) is 114 Å². The van der Waals surface area contributed by atoms with Crippen molar-refractivity contribution in [3.63, 3.8) is 0 Å². The largest absolute Gasteiger partial charge is 0.377 e. The fourth-order valence-electron chi connectivity index (χ4n) is 3.33. The molecule has 0 amide bonds. The highest BCUT2D eigenvalue weighted by atomic mass is 32.2. The molecule has 1 aliphatic rings. The number of methoxy groups -OCH3 is 1. The molecule has 0 aliphatic carbocycles. The van der Waals surface area contributed by atoms with Crippen LogP contribution in [0.2, 0.25) is 0 Å². The Bertz CT molecular complexity index is 1000. The Morgan fingerprint density at radius 1 is 1.32 bits per heavy atom. The van der Waals surface area contributed by atoms with Crippen LogP contribution in [-0.4, -0.2) is 67.2 Å². The highest BCUT2D eigenvalue weighted by Gasteiger charge is 2.22. The summed E-state index contributed by atoms with van der Waals surface area (Å²) in [6, 6.07) is 7.01. The quantitative estimate of drug-likeness (QED) is 0.451. The number of nitrogens with zero attached hydrogens (tertiary/aromatic N) is 5. The van der Waals surface area contributed by atoms with Gasteiger partial charge < -0.3 is 15.4 Å². The lowest BCUT2D eigenvalue weighted by atomic mass is 10.1. The number of rotatable bonds is 8. The van der Waals surface area contributed by atoms with Gasteiger partial charge in [-0.1, -0.05) is 12.1 Å². The van der Waals surface area contributed by atoms with Crippen molar-refractivity contribution >= 4 is 16.0 Å². The van der Waals surface area contributed by atoms with Crippen LogP contribution in [0.5, 0.6) is 0 Å². The Morgan fingerprint density at radius 2 is 2.06 bits per heavy atom. The lowest BCUT2D eigenvalue weighted by Crippen LogP contribution is -2.47. The summed E-state index contributed by atoms with van der Waals surface area (Å²) in [5.41, 5.74) is 0.932. The van der Waals surface area contributed by atoms with Crippen molar-refractivity contribution in [3.05, 3.63) is 41.5 Å². The Kier molecular flexibility index (Phi) is 7.63. The first-order valence-corrected chi connectivity index (χ1v) is 11.7. The van der Waals surface area contributed by atoms with E-state index in [1.807, 2.05) is 11.6 Å². The summed E-state index contributed by atoms with van der Waals surface area (Å²) in [6.45, 7) is 4.33. The first-order valence-electron chi connectivity index (χ1n) is 10.3. The lowest BCUT2D eigenvalue weighted by molar-refractivity contribution is 0.177. The third kappa shape index (κ3) is 5.81. The van der Waals surface area contributed by atoms with E-state index in [0.717, 1.165) is 36.7 Å². The maximum Gasteiger partial charge on any atom is 0.242 e. The molecule has 0 spiro atoms. The molecule has 11 heteroatoms. The Morgan fingerprint density at radius 3 is 2.71 bits per heavy atom. The molecule has 1 atom stereocenters. The minimum Gasteiger partial charge on any atom is -0.377 e. The SMILES string of the molecule is CCNC(=NCc1ccc(S(=O)(=O)N(C)C)cc1)NC1CCc2nc(COC)nn2C1. The minimum atomic E-state index is -3.43. The van der Waals surface area contributed by atoms with Crippen LogP contribution >= 0.6 is 0 Å². The molecule has 2 N–H and O–H groups in total. The molecule has 2 aromatic rings. The summed E-state index contributed by atoms with van der Waals surface area (Å²) >= 11 is 0. The molecule has 1 aromatic carbocycles. The number of ether oxygens (including phenoxy) is 1. The van der Waals surface area contributed by atoms with Gasteiger partial charge in [0.1, 0.15) is 12.4 Å². The van der Waals surface area contributed by atoms with E-state index in [1.165, 1.54) is 18.4 Å². The van der Waals surface area contributed by atoms with Crippen LogP contribution in [-0.2, 0) is 40.9 Å². The molecule has 2 heterocycles. The van der Waals surface area contributed by atoms with Crippen LogP contribution in [0.1, 0.15) is 30.6 Å². The number of guanidine groups is 1. The van der Waals surface area contributed by atoms with E-state index in [4.69, 9.17) is 4.74 Å². The predicted molar refractivity (Wildman–Crippen MR) is 118 cm³/mol. The van der Waals surface area contributed by atoms with Gasteiger partial charge in [-0.05, 0) is 31.0 Å². The van der Waals surface area contributed by atoms with E-state index >= 15 is 0 Å². The molecule has 0 fully saturated rings. The standard InChI is InChI=1S/C20H31N7O3S/c1-5-21-20(22-12-15-6-9-17(10-7-15)31(28,29)26(2)3)23-16-8-11-19-24-18(14-30-4)25-27(19)13-16/h6-7,9-10,16H,5,8,11-14H2,1-4H3,(H2,21,22,23). The fraction of sp³-hybridized carbons (Fsp3) is 0.550. The molecule has 170 valence electrons. The molecule has 1 aliphatic heterocycles. The number of fused-ring (bicyclic) bond motifs is 1. The summed E-state index contributed by atoms with van der Waals surface area (Å²) in [5, 5.41) is 11.3. The van der Waals surface area contributed by atoms with Gasteiger partial charge in [0.2, 0.25) is 10.0 Å². The maximum atomic E-state index is 12.2. The van der Waals surface area contributed by atoms with Gasteiger partial charge in [-0.2, -0.15) is 5.10 Å². The second kappa shape index (κ2) is 10.2. The van der Waals surface area contributed by atoms with Gasteiger partial charge >= 0.3 is 0 Å². The third-order valence-electron chi connectivity index (χ3n) is 4.98. The van der Waals surface area contributed by atoms with Gasteiger partial charge in [-0.3, -0.25) is 0 Å². The number of hydrogen-bond donors (Lipinski definition) is 2. The molecule has 31 heavy (non-hydrogen) atoms. The normalized spacial score (nSPS) is 16.9. The predicted octanol–water partition coefficient (Wildman–Crippen LogP) is 0.745. The Balaban J connectivity index is 1.64. The molecule has 3 rings (SSSR count). The Labute approximate surface area is 183 Å². The minimum absolute atomic E-state index is 0.190. The zero-order valence-corrected chi connectivity index (χ0v) is 19.3. The first kappa shape index (κ1) is 23.2. The lowest BCUT2D eigenvalue weighted by Gasteiger charge is -2.25. The second-order valence-electron chi connectivity index (χ2n) is 7.57. The number of aromatic nitrogens is 3. The van der Waals surface area contributed by atoms with Crippen LogP contribution in [0.25, 0.3) is 0 Å². The number of aliphatic imine (C=N–C) groups is 1. The Hall–Kier alpha value is -2.50. The van der Waals surface area contributed by atoms with Crippen molar-refractivity contribution in [3.8, 4) is 0 Å². The average molecular weight is 450 g/mol. The molecule has 10 nitrogen and oxygen atoms in total. The smallest absolute Gasteiger partial charge is 0.242 e. The van der Waals surface area contributed by atoms with Crippen molar-refractivity contribution in [2.75, 3.05) is 27.7 Å². The zero-order valence-electron chi connectivity index (χ0n) is 18.5. The van der Waals surface area contributed by atoms with E-state index < -0.39 is 10.0 Å². The van der Waals surface area contributed by atoms with Crippen molar-refractivity contribution in [2.45, 2.75) is 50.4 Å². The highest BCUT2D eigenvalue weighted by molar-refractivity contribution is 7.89. The molecular formula is C20H31N7O3S. The zero-order chi connectivity index (χ0) is 22.4. The van der Waals surface area contributed by atoms with Gasteiger partial charge in [0.25, 0.3) is 0 Å². The number of hydrogen-bond acceptors (Lipinski definition) is 6. The van der Waals surface area contributed by atoms with Crippen LogP contribution in [0.15, 0.2) is 34.2 Å². The van der Waals surface area contributed by atoms with E-state index in [1.54, 1.807) is 31.4 Å². The van der Waals surface area contributed by atoms with Crippen LogP contribution in [0.4, 0.5) is 0 Å². The van der Waals surface area contributed by atoms with Crippen molar-refractivity contribution in [1.29, 1.82) is 0 Å². The molecule has 0 saturated carbocycles. The molecule has 1 aromatic heterocycles. The number of nitrogens with one attached hydrogen (secondary N) is 2. The summed E-state index contributed by atoms with van der Waals surface area (Å²) in [4.78, 5) is 9.45. The van der Waals surface area contributed by atoms with Crippen molar-refractivity contribution in [1.82, 2.24) is 29.7 Å². The van der Waals surface area contributed by atoms with Crippen LogP contribution in [0.3, 0.4) is 0 Å². The van der Waals surface area contributed by atoms with E-state index in [9.17, 15) is 8.42 Å². The average Bonchev–Trinajstić information content (AvgIpc) is 3.14. The molecule has 0 bridgehead atoms. The molecule has 0 radical (unpaired) electrons. The van der Waals surface area contributed by atoms with E-state index in [-0.39, 0.29) is 10.9 Å². The maximum absolute atomic E-state index is 12.2. The number of aryl methyl sites for hydroxylation is 1. The van der Waals surface area contributed by atoms with Gasteiger partial charge in [0.05, 0.1) is 18.0 Å². The molecule has 1 unspecified atom stereocenters. The van der Waals surface area contributed by atoms with Crippen LogP contribution < -0.4 is 10.6 Å². The molecular weight excluding hydrogens is 418 g/mol. The van der Waals surface area contributed by atoms with Crippen molar-refractivity contribution in [2.24, 2.45) is 4.99 Å². The van der Waals surface area contributed by atoms with Crippen molar-refractivity contribution < 1.29 is 13.2 Å². The van der Waals surface area contributed by atoms with Gasteiger partial charge in [-0.15, -0.1) is 0 Å². The van der Waals surface area contributed by atoms with Gasteiger partial charge in [-0.25, -0.2) is 27.4 Å². The highest BCUT2D eigenvalue weighted by Crippen LogP contribution is 2.15. The van der Waals surface area contributed by atoms with Crippen LogP contribution in [0, 0.1) is 0 Å². The summed E-state index contributed by atoms with van der Waals surface area (Å²) < 4.78 is 32.7. The fourth-order valence-corrected chi connectivity index (χ4v) is 4.23. The van der Waals surface area contributed by atoms with Gasteiger partial charge in [0.15, 0.2) is 11.8 Å². The third-order valence-corrected chi connectivity index (χ3v) is 6.81. The second-order valence-corrected chi connectivity index (χ2v) is 9.72. The summed E-state index contributed by atoms with van der Waals surface area (Å²) in [5.74, 6) is 2.41. The molecule has 0 saturated heterocycles. The monoisotopic (exact) mass is 449 g/mol. The van der Waals surface area contributed by atoms with E-state index in [2.05, 4.69) is 25.7 Å². The summed E-state index contributed by atoms with van der Waals surface area (Å²) in [7, 11) is 1.25. The van der Waals surface area contributed by atoms with Gasteiger partial charge in [0, 0.05) is 40.2 Å². The van der Waals surface area contributed by atoms with E-state index in [0.29, 0.717) is 25.5 Å².